The van der Waals surface area contributed by atoms with Crippen LogP contribution in [0.25, 0.3) is 6.08 Å². The van der Waals surface area contributed by atoms with Crippen molar-refractivity contribution in [1.29, 1.82) is 0 Å². The third-order valence-electron chi connectivity index (χ3n) is 2.54. The zero-order chi connectivity index (χ0) is 9.97. The summed E-state index contributed by atoms with van der Waals surface area (Å²) in [6, 6.07) is 10.1. The number of benzene rings is 1. The molecule has 0 bridgehead atoms. The number of carbonyl (C=O) groups is 1. The second-order valence-electron chi connectivity index (χ2n) is 3.68. The van der Waals surface area contributed by atoms with Gasteiger partial charge in [-0.2, -0.15) is 0 Å². The molecule has 2 rings (SSSR count). The molecule has 2 atom stereocenters. The van der Waals surface area contributed by atoms with E-state index < -0.39 is 0 Å². The molecule has 0 spiro atoms. The van der Waals surface area contributed by atoms with E-state index in [4.69, 9.17) is 5.73 Å². The third kappa shape index (κ3) is 2.02. The molecule has 1 aromatic rings. The van der Waals surface area contributed by atoms with Crippen LogP contribution in [-0.2, 0) is 4.79 Å². The van der Waals surface area contributed by atoms with Gasteiger partial charge in [0.2, 0.25) is 5.91 Å². The molecule has 1 aliphatic rings. The molecule has 72 valence electrons. The minimum absolute atomic E-state index is 0.0787. The van der Waals surface area contributed by atoms with Crippen LogP contribution in [0, 0.1) is 11.8 Å². The quantitative estimate of drug-likeness (QED) is 0.770. The summed E-state index contributed by atoms with van der Waals surface area (Å²) in [4.78, 5) is 10.8. The Hall–Kier alpha value is -1.57. The molecule has 2 N–H and O–H groups in total. The van der Waals surface area contributed by atoms with Crippen molar-refractivity contribution in [3.05, 3.63) is 42.0 Å². The zero-order valence-electron chi connectivity index (χ0n) is 7.89. The summed E-state index contributed by atoms with van der Waals surface area (Å²) in [6.45, 7) is 0. The lowest BCUT2D eigenvalue weighted by Crippen LogP contribution is -2.13. The molecule has 0 saturated heterocycles. The number of allylic oxidation sites excluding steroid dienone is 1. The summed E-state index contributed by atoms with van der Waals surface area (Å²) in [6.07, 6.45) is 5.04. The van der Waals surface area contributed by atoms with Crippen LogP contribution in [0.15, 0.2) is 36.4 Å². The van der Waals surface area contributed by atoms with Crippen LogP contribution in [0.3, 0.4) is 0 Å². The van der Waals surface area contributed by atoms with Crippen molar-refractivity contribution < 1.29 is 4.79 Å². The normalized spacial score (nSPS) is 25.1. The maximum Gasteiger partial charge on any atom is 0.221 e. The Balaban J connectivity index is 1.94. The predicted molar refractivity (Wildman–Crippen MR) is 56.3 cm³/mol. The van der Waals surface area contributed by atoms with E-state index in [0.29, 0.717) is 5.92 Å². The standard InChI is InChI=1S/C12H13NO/c13-12(14)11-8-10(11)7-6-9-4-2-1-3-5-9/h1-7,10-11H,8H2,(H2,13,14)/b7-6+. The van der Waals surface area contributed by atoms with Gasteiger partial charge in [0.05, 0.1) is 0 Å². The molecule has 2 unspecified atom stereocenters. The Labute approximate surface area is 83.4 Å². The van der Waals surface area contributed by atoms with Crippen molar-refractivity contribution >= 4 is 12.0 Å². The highest BCUT2D eigenvalue weighted by atomic mass is 16.1. The Morgan fingerprint density at radius 2 is 2.07 bits per heavy atom. The van der Waals surface area contributed by atoms with Gasteiger partial charge in [0, 0.05) is 5.92 Å². The first kappa shape index (κ1) is 9.00. The zero-order valence-corrected chi connectivity index (χ0v) is 7.89. The fourth-order valence-corrected chi connectivity index (χ4v) is 1.55. The third-order valence-corrected chi connectivity index (χ3v) is 2.54. The smallest absolute Gasteiger partial charge is 0.221 e. The minimum atomic E-state index is -0.173. The van der Waals surface area contributed by atoms with Crippen molar-refractivity contribution in [2.75, 3.05) is 0 Å². The summed E-state index contributed by atoms with van der Waals surface area (Å²) in [5.74, 6) is 0.274. The van der Waals surface area contributed by atoms with Crippen molar-refractivity contribution in [3.8, 4) is 0 Å². The SMILES string of the molecule is NC(=O)C1CC1/C=C/c1ccccc1. The fourth-order valence-electron chi connectivity index (χ4n) is 1.55. The van der Waals surface area contributed by atoms with E-state index in [9.17, 15) is 4.79 Å². The summed E-state index contributed by atoms with van der Waals surface area (Å²) in [5, 5.41) is 0. The van der Waals surface area contributed by atoms with Gasteiger partial charge in [0.1, 0.15) is 0 Å². The van der Waals surface area contributed by atoms with Gasteiger partial charge in [-0.3, -0.25) is 4.79 Å². The van der Waals surface area contributed by atoms with E-state index in [1.54, 1.807) is 0 Å². The van der Waals surface area contributed by atoms with Crippen molar-refractivity contribution in [2.24, 2.45) is 17.6 Å². The molecular formula is C12H13NO. The maximum atomic E-state index is 10.8. The fraction of sp³-hybridized carbons (Fsp3) is 0.250. The number of carbonyl (C=O) groups excluding carboxylic acids is 1. The molecule has 1 aromatic carbocycles. The van der Waals surface area contributed by atoms with Gasteiger partial charge in [-0.1, -0.05) is 42.5 Å². The van der Waals surface area contributed by atoms with Gasteiger partial charge >= 0.3 is 0 Å². The van der Waals surface area contributed by atoms with Crippen LogP contribution in [0.5, 0.6) is 0 Å². The molecule has 14 heavy (non-hydrogen) atoms. The van der Waals surface area contributed by atoms with Crippen LogP contribution in [0.4, 0.5) is 0 Å². The number of primary amides is 1. The van der Waals surface area contributed by atoms with Crippen LogP contribution in [-0.4, -0.2) is 5.91 Å². The highest BCUT2D eigenvalue weighted by Gasteiger charge is 2.39. The van der Waals surface area contributed by atoms with Crippen LogP contribution in [0.2, 0.25) is 0 Å². The molecule has 1 saturated carbocycles. The first-order valence-electron chi connectivity index (χ1n) is 4.80. The minimum Gasteiger partial charge on any atom is -0.369 e. The molecule has 1 aliphatic carbocycles. The van der Waals surface area contributed by atoms with E-state index >= 15 is 0 Å². The van der Waals surface area contributed by atoms with Crippen molar-refractivity contribution in [1.82, 2.24) is 0 Å². The first-order valence-corrected chi connectivity index (χ1v) is 4.80. The molecule has 0 aromatic heterocycles. The molecular weight excluding hydrogens is 174 g/mol. The molecule has 0 heterocycles. The lowest BCUT2D eigenvalue weighted by molar-refractivity contribution is -0.119. The van der Waals surface area contributed by atoms with Crippen LogP contribution < -0.4 is 5.73 Å². The van der Waals surface area contributed by atoms with Crippen molar-refractivity contribution in [2.45, 2.75) is 6.42 Å². The summed E-state index contributed by atoms with van der Waals surface area (Å²) in [7, 11) is 0. The topological polar surface area (TPSA) is 43.1 Å². The van der Waals surface area contributed by atoms with Gasteiger partial charge in [-0.05, 0) is 17.9 Å². The second kappa shape index (κ2) is 3.66. The number of amides is 1. The molecule has 2 heteroatoms. The number of hydrogen-bond acceptors (Lipinski definition) is 1. The van der Waals surface area contributed by atoms with E-state index in [-0.39, 0.29) is 11.8 Å². The van der Waals surface area contributed by atoms with Gasteiger partial charge in [0.15, 0.2) is 0 Å². The lowest BCUT2D eigenvalue weighted by atomic mass is 10.2. The largest absolute Gasteiger partial charge is 0.369 e. The predicted octanol–water partition coefficient (Wildman–Crippen LogP) is 1.82. The Kier molecular flexibility index (Phi) is 2.35. The maximum absolute atomic E-state index is 10.8. The molecule has 2 nitrogen and oxygen atoms in total. The van der Waals surface area contributed by atoms with Gasteiger partial charge in [-0.15, -0.1) is 0 Å². The Morgan fingerprint density at radius 3 is 2.64 bits per heavy atom. The number of nitrogens with two attached hydrogens (primary N) is 1. The lowest BCUT2D eigenvalue weighted by Gasteiger charge is -1.90. The average molecular weight is 187 g/mol. The Morgan fingerprint density at radius 1 is 1.36 bits per heavy atom. The number of hydrogen-bond donors (Lipinski definition) is 1. The van der Waals surface area contributed by atoms with Gasteiger partial charge in [0.25, 0.3) is 0 Å². The van der Waals surface area contributed by atoms with E-state index in [1.165, 1.54) is 5.56 Å². The summed E-state index contributed by atoms with van der Waals surface area (Å²) in [5.41, 5.74) is 6.35. The highest BCUT2D eigenvalue weighted by molar-refractivity contribution is 5.80. The number of rotatable bonds is 3. The molecule has 0 aliphatic heterocycles. The monoisotopic (exact) mass is 187 g/mol. The summed E-state index contributed by atoms with van der Waals surface area (Å²) >= 11 is 0. The van der Waals surface area contributed by atoms with E-state index in [2.05, 4.69) is 6.08 Å². The van der Waals surface area contributed by atoms with Crippen molar-refractivity contribution in [3.63, 3.8) is 0 Å². The van der Waals surface area contributed by atoms with E-state index in [0.717, 1.165) is 6.42 Å². The molecule has 1 amide bonds. The highest BCUT2D eigenvalue weighted by Crippen LogP contribution is 2.39. The first-order chi connectivity index (χ1) is 6.77. The molecule has 0 radical (unpaired) electrons. The average Bonchev–Trinajstić information content (AvgIpc) is 2.96. The molecule has 1 fully saturated rings. The van der Waals surface area contributed by atoms with Crippen LogP contribution >= 0.6 is 0 Å². The van der Waals surface area contributed by atoms with E-state index in [1.807, 2.05) is 36.4 Å². The second-order valence-corrected chi connectivity index (χ2v) is 3.68. The van der Waals surface area contributed by atoms with Crippen LogP contribution in [0.1, 0.15) is 12.0 Å². The summed E-state index contributed by atoms with van der Waals surface area (Å²) < 4.78 is 0. The van der Waals surface area contributed by atoms with Gasteiger partial charge < -0.3 is 5.73 Å². The van der Waals surface area contributed by atoms with Gasteiger partial charge in [-0.25, -0.2) is 0 Å². The Bertz CT molecular complexity index is 356.